The number of hydrogen-bond donors (Lipinski definition) is 1. The Kier molecular flexibility index (Phi) is 4.92. The standard InChI is InChI=1S/C19H21N2O3S/c1-25(23,24)21-12-11-17(13-18(21)19(20)22)16-9-7-15(8-10-16)14-5-3-2-4-6-14/h2-10,13,17-18H,11-12H2,1H3,(H2,20,22)/t17-,18-/m0/s1. The van der Waals surface area contributed by atoms with Crippen LogP contribution in [0.2, 0.25) is 0 Å². The molecule has 0 unspecified atom stereocenters. The van der Waals surface area contributed by atoms with Gasteiger partial charge < -0.3 is 5.73 Å². The van der Waals surface area contributed by atoms with Gasteiger partial charge in [-0.25, -0.2) is 8.42 Å². The average Bonchev–Trinajstić information content (AvgIpc) is 2.61. The van der Waals surface area contributed by atoms with E-state index in [0.29, 0.717) is 6.42 Å². The van der Waals surface area contributed by atoms with E-state index in [2.05, 4.69) is 12.1 Å². The molecule has 1 aliphatic heterocycles. The first-order chi connectivity index (χ1) is 11.9. The van der Waals surface area contributed by atoms with Crippen LogP contribution in [0.25, 0.3) is 11.1 Å². The van der Waals surface area contributed by atoms with Crippen LogP contribution in [0, 0.1) is 6.42 Å². The quantitative estimate of drug-likeness (QED) is 0.910. The number of hydrogen-bond acceptors (Lipinski definition) is 3. The number of piperidine rings is 1. The number of nitrogens with two attached hydrogens (primary N) is 1. The van der Waals surface area contributed by atoms with Crippen LogP contribution >= 0.6 is 0 Å². The summed E-state index contributed by atoms with van der Waals surface area (Å²) in [5, 5.41) is 0. The number of nitrogens with zero attached hydrogens (tertiary/aromatic N) is 1. The predicted octanol–water partition coefficient (Wildman–Crippen LogP) is 2.16. The monoisotopic (exact) mass is 357 g/mol. The number of primary amides is 1. The fraction of sp³-hybridized carbons (Fsp3) is 0.263. The average molecular weight is 357 g/mol. The highest BCUT2D eigenvalue weighted by molar-refractivity contribution is 7.88. The summed E-state index contributed by atoms with van der Waals surface area (Å²) < 4.78 is 24.9. The van der Waals surface area contributed by atoms with Gasteiger partial charge in [0.1, 0.15) is 6.04 Å². The molecule has 0 aromatic heterocycles. The summed E-state index contributed by atoms with van der Waals surface area (Å²) in [6.45, 7) is 0.286. The van der Waals surface area contributed by atoms with Crippen LogP contribution in [-0.4, -0.2) is 37.5 Å². The van der Waals surface area contributed by atoms with Crippen molar-refractivity contribution < 1.29 is 13.2 Å². The summed E-state index contributed by atoms with van der Waals surface area (Å²) in [6, 6.07) is 17.3. The summed E-state index contributed by atoms with van der Waals surface area (Å²) in [7, 11) is -3.47. The van der Waals surface area contributed by atoms with Gasteiger partial charge in [0.2, 0.25) is 15.9 Å². The van der Waals surface area contributed by atoms with Crippen molar-refractivity contribution in [1.29, 1.82) is 0 Å². The predicted molar refractivity (Wildman–Crippen MR) is 98.1 cm³/mol. The Morgan fingerprint density at radius 2 is 1.64 bits per heavy atom. The maximum absolute atomic E-state index is 11.8. The molecule has 2 N–H and O–H groups in total. The molecule has 1 radical (unpaired) electrons. The zero-order valence-corrected chi connectivity index (χ0v) is 14.8. The fourth-order valence-corrected chi connectivity index (χ4v) is 4.28. The van der Waals surface area contributed by atoms with E-state index >= 15 is 0 Å². The molecule has 25 heavy (non-hydrogen) atoms. The first-order valence-electron chi connectivity index (χ1n) is 8.13. The van der Waals surface area contributed by atoms with Crippen molar-refractivity contribution in [3.63, 3.8) is 0 Å². The van der Waals surface area contributed by atoms with Gasteiger partial charge in [-0.15, -0.1) is 0 Å². The third-order valence-electron chi connectivity index (χ3n) is 4.55. The second kappa shape index (κ2) is 6.98. The van der Waals surface area contributed by atoms with E-state index in [1.807, 2.05) is 42.5 Å². The lowest BCUT2D eigenvalue weighted by molar-refractivity contribution is -0.121. The zero-order chi connectivity index (χ0) is 18.0. The van der Waals surface area contributed by atoms with Crippen molar-refractivity contribution >= 4 is 15.9 Å². The Labute approximate surface area is 148 Å². The second-order valence-electron chi connectivity index (χ2n) is 6.30. The Morgan fingerprint density at radius 1 is 1.04 bits per heavy atom. The van der Waals surface area contributed by atoms with Crippen LogP contribution < -0.4 is 5.73 Å². The summed E-state index contributed by atoms with van der Waals surface area (Å²) >= 11 is 0. The molecule has 1 saturated heterocycles. The molecule has 0 saturated carbocycles. The number of carbonyl (C=O) groups is 1. The van der Waals surface area contributed by atoms with Gasteiger partial charge in [0.05, 0.1) is 6.26 Å². The highest BCUT2D eigenvalue weighted by Crippen LogP contribution is 2.33. The Balaban J connectivity index is 1.80. The minimum Gasteiger partial charge on any atom is -0.368 e. The highest BCUT2D eigenvalue weighted by atomic mass is 32.2. The molecule has 1 fully saturated rings. The van der Waals surface area contributed by atoms with Crippen molar-refractivity contribution in [3.8, 4) is 11.1 Å². The third kappa shape index (κ3) is 3.91. The van der Waals surface area contributed by atoms with Crippen molar-refractivity contribution in [2.24, 2.45) is 5.73 Å². The van der Waals surface area contributed by atoms with E-state index < -0.39 is 22.0 Å². The number of amides is 1. The lowest BCUT2D eigenvalue weighted by atomic mass is 9.85. The highest BCUT2D eigenvalue weighted by Gasteiger charge is 2.37. The zero-order valence-electron chi connectivity index (χ0n) is 14.0. The summed E-state index contributed by atoms with van der Waals surface area (Å²) in [5.74, 6) is -0.642. The summed E-state index contributed by atoms with van der Waals surface area (Å²) in [4.78, 5) is 11.7. The molecular weight excluding hydrogens is 336 g/mol. The molecule has 3 rings (SSSR count). The van der Waals surface area contributed by atoms with Gasteiger partial charge in [-0.3, -0.25) is 4.79 Å². The van der Waals surface area contributed by atoms with Crippen LogP contribution in [0.15, 0.2) is 54.6 Å². The molecule has 6 heteroatoms. The van der Waals surface area contributed by atoms with Gasteiger partial charge in [-0.05, 0) is 35.4 Å². The van der Waals surface area contributed by atoms with E-state index in [9.17, 15) is 13.2 Å². The van der Waals surface area contributed by atoms with Crippen LogP contribution in [0.1, 0.15) is 17.9 Å². The molecule has 2 aromatic carbocycles. The van der Waals surface area contributed by atoms with E-state index in [4.69, 9.17) is 5.73 Å². The fourth-order valence-electron chi connectivity index (χ4n) is 3.26. The molecule has 1 aliphatic rings. The molecule has 5 nitrogen and oxygen atoms in total. The lowest BCUT2D eigenvalue weighted by Gasteiger charge is -2.36. The molecule has 0 aliphatic carbocycles. The van der Waals surface area contributed by atoms with Gasteiger partial charge in [0, 0.05) is 6.54 Å². The largest absolute Gasteiger partial charge is 0.368 e. The van der Waals surface area contributed by atoms with Crippen LogP contribution in [0.4, 0.5) is 0 Å². The van der Waals surface area contributed by atoms with E-state index in [1.54, 1.807) is 6.42 Å². The SMILES string of the molecule is CS(=O)(=O)N1CC[C@H](c2ccc(-c3ccccc3)cc2)[CH][C@H]1C(N)=O. The lowest BCUT2D eigenvalue weighted by Crippen LogP contribution is -2.51. The van der Waals surface area contributed by atoms with Crippen molar-refractivity contribution in [3.05, 3.63) is 66.6 Å². The van der Waals surface area contributed by atoms with Gasteiger partial charge >= 0.3 is 0 Å². The van der Waals surface area contributed by atoms with Crippen LogP contribution in [0.3, 0.4) is 0 Å². The van der Waals surface area contributed by atoms with Gasteiger partial charge in [0.25, 0.3) is 0 Å². The Bertz CT molecular complexity index is 848. The molecule has 131 valence electrons. The Morgan fingerprint density at radius 3 is 2.20 bits per heavy atom. The number of sulfonamides is 1. The molecule has 1 heterocycles. The minimum atomic E-state index is -3.47. The van der Waals surface area contributed by atoms with Crippen molar-refractivity contribution in [2.45, 2.75) is 18.4 Å². The van der Waals surface area contributed by atoms with Gasteiger partial charge in [0.15, 0.2) is 0 Å². The normalized spacial score (nSPS) is 21.8. The Hall–Kier alpha value is -2.18. The molecular formula is C19H21N2O3S. The smallest absolute Gasteiger partial charge is 0.236 e. The molecule has 0 bridgehead atoms. The minimum absolute atomic E-state index is 0.000299. The van der Waals surface area contributed by atoms with Crippen LogP contribution in [0.5, 0.6) is 0 Å². The van der Waals surface area contributed by atoms with Crippen molar-refractivity contribution in [1.82, 2.24) is 4.31 Å². The molecule has 0 spiro atoms. The first kappa shape index (κ1) is 17.6. The number of carbonyl (C=O) groups excluding carboxylic acids is 1. The van der Waals surface area contributed by atoms with E-state index in [-0.39, 0.29) is 12.5 Å². The second-order valence-corrected chi connectivity index (χ2v) is 8.23. The van der Waals surface area contributed by atoms with Gasteiger partial charge in [-0.1, -0.05) is 54.6 Å². The van der Waals surface area contributed by atoms with Crippen LogP contribution in [-0.2, 0) is 14.8 Å². The van der Waals surface area contributed by atoms with Gasteiger partial charge in [-0.2, -0.15) is 4.31 Å². The summed E-state index contributed by atoms with van der Waals surface area (Å²) in [5.41, 5.74) is 8.73. The molecule has 2 aromatic rings. The number of benzene rings is 2. The molecule has 2 atom stereocenters. The first-order valence-corrected chi connectivity index (χ1v) is 9.97. The molecule has 1 amide bonds. The third-order valence-corrected chi connectivity index (χ3v) is 5.81. The van der Waals surface area contributed by atoms with E-state index in [0.717, 1.165) is 22.9 Å². The van der Waals surface area contributed by atoms with E-state index in [1.165, 1.54) is 4.31 Å². The maximum Gasteiger partial charge on any atom is 0.236 e. The topological polar surface area (TPSA) is 80.5 Å². The maximum atomic E-state index is 11.8. The van der Waals surface area contributed by atoms with Crippen molar-refractivity contribution in [2.75, 3.05) is 12.8 Å². The number of rotatable bonds is 4. The summed E-state index contributed by atoms with van der Waals surface area (Å²) in [6.07, 6.45) is 3.47.